The van der Waals surface area contributed by atoms with E-state index in [0.717, 1.165) is 6.42 Å². The molecule has 0 aliphatic heterocycles. The van der Waals surface area contributed by atoms with E-state index in [0.29, 0.717) is 19.4 Å². The smallest absolute Gasteiger partial charge is 0.157 e. The zero-order valence-electron chi connectivity index (χ0n) is 8.13. The number of carbonyl (C=O) groups is 1. The van der Waals surface area contributed by atoms with Crippen molar-refractivity contribution in [1.82, 2.24) is 0 Å². The van der Waals surface area contributed by atoms with Crippen LogP contribution in [-0.2, 0) is 14.3 Å². The van der Waals surface area contributed by atoms with Gasteiger partial charge in [-0.05, 0) is 13.3 Å². The maximum absolute atomic E-state index is 10.6. The van der Waals surface area contributed by atoms with Gasteiger partial charge >= 0.3 is 0 Å². The average Bonchev–Trinajstić information content (AvgIpc) is 2.05. The fraction of sp³-hybridized carbons (Fsp3) is 0.889. The Morgan fingerprint density at radius 1 is 1.50 bits per heavy atom. The van der Waals surface area contributed by atoms with Gasteiger partial charge in [0.05, 0.1) is 0 Å². The van der Waals surface area contributed by atoms with Crippen molar-refractivity contribution in [3.8, 4) is 0 Å². The third kappa shape index (κ3) is 6.31. The highest BCUT2D eigenvalue weighted by Crippen LogP contribution is 2.04. The molecule has 3 nitrogen and oxygen atoms in total. The third-order valence-corrected chi connectivity index (χ3v) is 1.50. The van der Waals surface area contributed by atoms with Gasteiger partial charge in [0, 0.05) is 26.6 Å². The summed E-state index contributed by atoms with van der Waals surface area (Å²) < 4.78 is 10.3. The maximum atomic E-state index is 10.6. The Bertz CT molecular complexity index is 123. The Kier molecular flexibility index (Phi) is 7.00. The lowest BCUT2D eigenvalue weighted by atomic mass is 10.2. The number of carbonyl (C=O) groups excluding carboxylic acids is 1. The van der Waals surface area contributed by atoms with Crippen LogP contribution in [0, 0.1) is 0 Å². The van der Waals surface area contributed by atoms with Crippen molar-refractivity contribution in [3.63, 3.8) is 0 Å². The van der Waals surface area contributed by atoms with E-state index in [9.17, 15) is 4.79 Å². The highest BCUT2D eigenvalue weighted by atomic mass is 16.7. The van der Waals surface area contributed by atoms with Gasteiger partial charge in [0.2, 0.25) is 0 Å². The molecule has 0 saturated carbocycles. The quantitative estimate of drug-likeness (QED) is 0.552. The number of ketones is 1. The molecular formula is C9H18O3. The first-order valence-corrected chi connectivity index (χ1v) is 4.34. The number of hydrogen-bond donors (Lipinski definition) is 0. The van der Waals surface area contributed by atoms with E-state index < -0.39 is 0 Å². The van der Waals surface area contributed by atoms with Gasteiger partial charge in [-0.1, -0.05) is 6.92 Å². The van der Waals surface area contributed by atoms with E-state index in [1.165, 1.54) is 0 Å². The number of Topliss-reactive ketones (excluding diaryl/α,β-unsaturated/α-hetero) is 1. The van der Waals surface area contributed by atoms with Crippen LogP contribution in [0.5, 0.6) is 0 Å². The molecule has 0 spiro atoms. The largest absolute Gasteiger partial charge is 0.356 e. The lowest BCUT2D eigenvalue weighted by molar-refractivity contribution is -0.135. The summed E-state index contributed by atoms with van der Waals surface area (Å²) in [7, 11) is 1.60. The van der Waals surface area contributed by atoms with Crippen LogP contribution in [0.2, 0.25) is 0 Å². The predicted molar refractivity (Wildman–Crippen MR) is 47.0 cm³/mol. The second kappa shape index (κ2) is 7.25. The van der Waals surface area contributed by atoms with Crippen molar-refractivity contribution >= 4 is 5.78 Å². The Hall–Kier alpha value is -0.410. The second-order valence-electron chi connectivity index (χ2n) is 2.78. The van der Waals surface area contributed by atoms with Crippen LogP contribution >= 0.6 is 0 Å². The minimum atomic E-state index is -0.214. The topological polar surface area (TPSA) is 35.5 Å². The highest BCUT2D eigenvalue weighted by Gasteiger charge is 2.07. The molecule has 72 valence electrons. The van der Waals surface area contributed by atoms with E-state index >= 15 is 0 Å². The van der Waals surface area contributed by atoms with Crippen LogP contribution in [0.3, 0.4) is 0 Å². The molecule has 1 atom stereocenters. The van der Waals surface area contributed by atoms with Crippen LogP contribution in [-0.4, -0.2) is 25.8 Å². The van der Waals surface area contributed by atoms with E-state index in [1.54, 1.807) is 14.0 Å². The zero-order valence-corrected chi connectivity index (χ0v) is 8.13. The molecule has 0 N–H and O–H groups in total. The van der Waals surface area contributed by atoms with Crippen LogP contribution in [0.25, 0.3) is 0 Å². The lowest BCUT2D eigenvalue weighted by Crippen LogP contribution is -2.16. The minimum Gasteiger partial charge on any atom is -0.356 e. The summed E-state index contributed by atoms with van der Waals surface area (Å²) in [6.45, 7) is 4.31. The van der Waals surface area contributed by atoms with Crippen LogP contribution in [0.1, 0.15) is 33.1 Å². The molecule has 0 fully saturated rings. The Morgan fingerprint density at radius 2 is 2.17 bits per heavy atom. The normalized spacial score (nSPS) is 12.9. The van der Waals surface area contributed by atoms with Gasteiger partial charge in [0.15, 0.2) is 6.29 Å². The standard InChI is InChI=1S/C9H18O3/c1-4-7-12-9(11-3)6-5-8(2)10/h9H,4-7H2,1-3H3. The van der Waals surface area contributed by atoms with Crippen LogP contribution < -0.4 is 0 Å². The first-order chi connectivity index (χ1) is 5.70. The molecule has 0 aliphatic carbocycles. The van der Waals surface area contributed by atoms with Gasteiger partial charge in [-0.2, -0.15) is 0 Å². The summed E-state index contributed by atoms with van der Waals surface area (Å²) in [5.74, 6) is 0.178. The van der Waals surface area contributed by atoms with Crippen molar-refractivity contribution < 1.29 is 14.3 Å². The molecule has 0 aromatic carbocycles. The van der Waals surface area contributed by atoms with Gasteiger partial charge in [-0.25, -0.2) is 0 Å². The fourth-order valence-electron chi connectivity index (χ4n) is 0.840. The molecule has 0 aliphatic rings. The number of methoxy groups -OCH3 is 1. The van der Waals surface area contributed by atoms with Crippen molar-refractivity contribution in [1.29, 1.82) is 0 Å². The first-order valence-electron chi connectivity index (χ1n) is 4.34. The monoisotopic (exact) mass is 174 g/mol. The van der Waals surface area contributed by atoms with Crippen LogP contribution in [0.4, 0.5) is 0 Å². The van der Waals surface area contributed by atoms with Crippen molar-refractivity contribution in [2.75, 3.05) is 13.7 Å². The van der Waals surface area contributed by atoms with Crippen molar-refractivity contribution in [2.45, 2.75) is 39.4 Å². The molecule has 0 aromatic rings. The third-order valence-electron chi connectivity index (χ3n) is 1.50. The molecule has 0 bridgehead atoms. The molecule has 12 heavy (non-hydrogen) atoms. The summed E-state index contributed by atoms with van der Waals surface area (Å²) in [5.41, 5.74) is 0. The van der Waals surface area contributed by atoms with Crippen molar-refractivity contribution in [3.05, 3.63) is 0 Å². The second-order valence-corrected chi connectivity index (χ2v) is 2.78. The van der Waals surface area contributed by atoms with E-state index in [-0.39, 0.29) is 12.1 Å². The van der Waals surface area contributed by atoms with Gasteiger partial charge in [0.25, 0.3) is 0 Å². The number of ether oxygens (including phenoxy) is 2. The lowest BCUT2D eigenvalue weighted by Gasteiger charge is -2.14. The molecule has 0 aromatic heterocycles. The highest BCUT2D eigenvalue weighted by molar-refractivity contribution is 5.75. The minimum absolute atomic E-state index is 0.178. The molecule has 0 rings (SSSR count). The van der Waals surface area contributed by atoms with Crippen molar-refractivity contribution in [2.24, 2.45) is 0 Å². The van der Waals surface area contributed by atoms with Gasteiger partial charge in [0.1, 0.15) is 5.78 Å². The first kappa shape index (κ1) is 11.6. The maximum Gasteiger partial charge on any atom is 0.157 e. The SMILES string of the molecule is CCCOC(CCC(C)=O)OC. The van der Waals surface area contributed by atoms with E-state index in [1.807, 2.05) is 6.92 Å². The molecule has 3 heteroatoms. The summed E-state index contributed by atoms with van der Waals surface area (Å²) in [4.78, 5) is 10.6. The number of rotatable bonds is 7. The fourth-order valence-corrected chi connectivity index (χ4v) is 0.840. The summed E-state index contributed by atoms with van der Waals surface area (Å²) in [5, 5.41) is 0. The molecule has 1 unspecified atom stereocenters. The Morgan fingerprint density at radius 3 is 2.58 bits per heavy atom. The summed E-state index contributed by atoms with van der Waals surface area (Å²) >= 11 is 0. The average molecular weight is 174 g/mol. The van der Waals surface area contributed by atoms with Gasteiger partial charge in [-0.15, -0.1) is 0 Å². The van der Waals surface area contributed by atoms with Gasteiger partial charge < -0.3 is 14.3 Å². The molecule has 0 amide bonds. The molecule has 0 heterocycles. The summed E-state index contributed by atoms with van der Waals surface area (Å²) in [6, 6.07) is 0. The summed E-state index contributed by atoms with van der Waals surface area (Å²) in [6.07, 6.45) is 1.95. The predicted octanol–water partition coefficient (Wildman–Crippen LogP) is 1.75. The van der Waals surface area contributed by atoms with E-state index in [4.69, 9.17) is 9.47 Å². The number of hydrogen-bond acceptors (Lipinski definition) is 3. The molecule has 0 radical (unpaired) electrons. The van der Waals surface area contributed by atoms with Crippen LogP contribution in [0.15, 0.2) is 0 Å². The zero-order chi connectivity index (χ0) is 9.40. The Balaban J connectivity index is 3.45. The van der Waals surface area contributed by atoms with E-state index in [2.05, 4.69) is 0 Å². The van der Waals surface area contributed by atoms with Gasteiger partial charge in [-0.3, -0.25) is 0 Å². The molecular weight excluding hydrogens is 156 g/mol. The molecule has 0 saturated heterocycles. The Labute approximate surface area is 74.0 Å².